The van der Waals surface area contributed by atoms with Gasteiger partial charge in [0.15, 0.2) is 24.8 Å². The van der Waals surface area contributed by atoms with Crippen molar-refractivity contribution < 1.29 is 62.7 Å². The van der Waals surface area contributed by atoms with Gasteiger partial charge in [-0.05, 0) is 38.5 Å². The molecule has 0 aliphatic carbocycles. The van der Waals surface area contributed by atoms with E-state index in [1.807, 2.05) is 7.05 Å². The molecule has 0 aromatic rings. The average Bonchev–Trinajstić information content (AvgIpc) is 3.27. The normalized spacial score (nSPS) is 13.8. The van der Waals surface area contributed by atoms with Crippen LogP contribution in [0.2, 0.25) is 0 Å². The van der Waals surface area contributed by atoms with Gasteiger partial charge in [0.1, 0.15) is 13.2 Å². The highest BCUT2D eigenvalue weighted by molar-refractivity contribution is 5.71. The summed E-state index contributed by atoms with van der Waals surface area (Å²) < 4.78 is 33.6. The minimum Gasteiger partial charge on any atom is -0.462 e. The van der Waals surface area contributed by atoms with Crippen LogP contribution in [0.15, 0.2) is 0 Å². The Hall–Kier alpha value is -2.32. The van der Waals surface area contributed by atoms with Crippen LogP contribution in [0.1, 0.15) is 233 Å². The van der Waals surface area contributed by atoms with Gasteiger partial charge in [0.2, 0.25) is 0 Å². The second-order valence-corrected chi connectivity index (χ2v) is 18.0. The highest BCUT2D eigenvalue weighted by Gasteiger charge is 2.22. The van der Waals surface area contributed by atoms with Crippen LogP contribution in [0, 0.1) is 0 Å². The maximum atomic E-state index is 12.9. The Balaban J connectivity index is 4.88. The van der Waals surface area contributed by atoms with Crippen molar-refractivity contribution in [3.8, 4) is 0 Å². The van der Waals surface area contributed by atoms with Gasteiger partial charge in [-0.3, -0.25) is 19.2 Å². The molecule has 0 spiro atoms. The number of carbonyl (C=O) groups excluding carboxylic acids is 4. The van der Waals surface area contributed by atoms with E-state index in [4.69, 9.17) is 28.4 Å². The van der Waals surface area contributed by atoms with Crippen LogP contribution < -0.4 is 4.90 Å². The van der Waals surface area contributed by atoms with Gasteiger partial charge in [-0.2, -0.15) is 0 Å². The summed E-state index contributed by atoms with van der Waals surface area (Å²) in [5.74, 6) is -1.52. The molecule has 0 aromatic heterocycles. The van der Waals surface area contributed by atoms with E-state index >= 15 is 0 Å². The monoisotopic (exact) mass is 917 g/mol. The molecule has 0 aliphatic rings. The lowest BCUT2D eigenvalue weighted by Crippen LogP contribution is -3.09. The molecule has 13 nitrogen and oxygen atoms in total. The molecule has 0 aliphatic heterocycles. The molecule has 4 atom stereocenters. The number of nitrogens with one attached hydrogen (secondary N) is 1. The Morgan fingerprint density at radius 2 is 0.688 bits per heavy atom. The third-order valence-electron chi connectivity index (χ3n) is 11.5. The zero-order valence-electron chi connectivity index (χ0n) is 41.7. The van der Waals surface area contributed by atoms with E-state index < -0.39 is 36.7 Å². The fourth-order valence-corrected chi connectivity index (χ4v) is 7.33. The van der Waals surface area contributed by atoms with E-state index in [0.717, 1.165) is 94.8 Å². The zero-order valence-corrected chi connectivity index (χ0v) is 41.7. The number of ether oxygens (including phenoxy) is 6. The summed E-state index contributed by atoms with van der Waals surface area (Å²) in [4.78, 5) is 51.9. The summed E-state index contributed by atoms with van der Waals surface area (Å²) in [6.45, 7) is 9.64. The first kappa shape index (κ1) is 61.7. The second-order valence-electron chi connectivity index (χ2n) is 18.0. The zero-order chi connectivity index (χ0) is 47.3. The predicted molar refractivity (Wildman–Crippen MR) is 253 cm³/mol. The Morgan fingerprint density at radius 3 is 1.03 bits per heavy atom. The highest BCUT2D eigenvalue weighted by Crippen LogP contribution is 2.14. The molecule has 3 N–H and O–H groups in total. The molecule has 0 rings (SSSR count). The molecule has 0 amide bonds. The first-order chi connectivity index (χ1) is 31.0. The first-order valence-electron chi connectivity index (χ1n) is 26.1. The molecule has 13 heteroatoms. The van der Waals surface area contributed by atoms with Gasteiger partial charge in [-0.15, -0.1) is 0 Å². The Bertz CT molecular complexity index is 1010. The van der Waals surface area contributed by atoms with Crippen molar-refractivity contribution in [2.75, 3.05) is 46.6 Å². The fourth-order valence-electron chi connectivity index (χ4n) is 7.33. The molecule has 378 valence electrons. The van der Waals surface area contributed by atoms with E-state index in [1.54, 1.807) is 0 Å². The standard InChI is InChI=1S/C51H97NO12/c1-6-10-14-18-22-26-32-46(53)59-40-44(41-60-47(54)33-27-23-19-15-11-7-2)63-50(57)36-30-38-52(5)39-31-37-51(58)64-45(42-61-48(55)34-28-24-20-16-12-8-3)43-62-49(56)35-29-25-21-17-13-9-4/h44-46,48,53,55H,6-43H2,1-5H3/p+1. The number of carbonyl (C=O) groups is 4. The summed E-state index contributed by atoms with van der Waals surface area (Å²) in [6, 6.07) is 0. The van der Waals surface area contributed by atoms with E-state index in [9.17, 15) is 29.4 Å². The molecule has 0 aromatic carbocycles. The van der Waals surface area contributed by atoms with Gasteiger partial charge in [0.05, 0.1) is 46.2 Å². The van der Waals surface area contributed by atoms with Crippen LogP contribution in [0.5, 0.6) is 0 Å². The van der Waals surface area contributed by atoms with E-state index in [2.05, 4.69) is 27.7 Å². The van der Waals surface area contributed by atoms with Gasteiger partial charge in [0.25, 0.3) is 0 Å². The minimum atomic E-state index is -0.982. The van der Waals surface area contributed by atoms with Crippen molar-refractivity contribution in [1.82, 2.24) is 0 Å². The SMILES string of the molecule is CCCCCCCCC(=O)OCC(COC(O)CCCCCCCC)OC(=O)CCC[NH+](C)CCCC(=O)OC(COC(=O)CCCCCCCC)COC(O)CCCCCCCC. The number of esters is 4. The maximum Gasteiger partial charge on any atom is 0.306 e. The minimum absolute atomic E-state index is 0.0668. The number of hydrogen-bond donors (Lipinski definition) is 3. The third kappa shape index (κ3) is 42.3. The Kier molecular flexibility index (Phi) is 44.2. The van der Waals surface area contributed by atoms with Crippen molar-refractivity contribution in [3.63, 3.8) is 0 Å². The van der Waals surface area contributed by atoms with Gasteiger partial charge in [0, 0.05) is 25.7 Å². The second kappa shape index (κ2) is 45.8. The van der Waals surface area contributed by atoms with Crippen molar-refractivity contribution in [1.29, 1.82) is 0 Å². The molecule has 0 radical (unpaired) electrons. The van der Waals surface area contributed by atoms with Crippen LogP contribution in [0.3, 0.4) is 0 Å². The number of hydrogen-bond acceptors (Lipinski definition) is 12. The molecule has 0 fully saturated rings. The van der Waals surface area contributed by atoms with Gasteiger partial charge >= 0.3 is 23.9 Å². The van der Waals surface area contributed by atoms with Crippen molar-refractivity contribution in [2.45, 2.75) is 258 Å². The number of quaternary nitrogens is 1. The maximum absolute atomic E-state index is 12.9. The lowest BCUT2D eigenvalue weighted by atomic mass is 10.1. The summed E-state index contributed by atoms with van der Waals surface area (Å²) >= 11 is 0. The molecule has 0 saturated carbocycles. The lowest BCUT2D eigenvalue weighted by molar-refractivity contribution is -0.879. The Labute approximate surface area is 390 Å². The van der Waals surface area contributed by atoms with Crippen molar-refractivity contribution >= 4 is 23.9 Å². The van der Waals surface area contributed by atoms with E-state index in [0.29, 0.717) is 51.6 Å². The van der Waals surface area contributed by atoms with Crippen LogP contribution >= 0.6 is 0 Å². The third-order valence-corrected chi connectivity index (χ3v) is 11.5. The Morgan fingerprint density at radius 1 is 0.391 bits per heavy atom. The average molecular weight is 917 g/mol. The lowest BCUT2D eigenvalue weighted by Gasteiger charge is -2.21. The quantitative estimate of drug-likeness (QED) is 0.0229. The number of aliphatic hydroxyl groups excluding tert-OH is 2. The number of rotatable bonds is 48. The van der Waals surface area contributed by atoms with Gasteiger partial charge in [-0.25, -0.2) is 0 Å². The van der Waals surface area contributed by atoms with Gasteiger partial charge < -0.3 is 43.5 Å². The van der Waals surface area contributed by atoms with E-state index in [-0.39, 0.29) is 51.2 Å². The van der Waals surface area contributed by atoms with Gasteiger partial charge in [-0.1, -0.05) is 156 Å². The topological polar surface area (TPSA) is 169 Å². The van der Waals surface area contributed by atoms with Crippen LogP contribution in [0.25, 0.3) is 0 Å². The molecule has 4 unspecified atom stereocenters. The number of unbranched alkanes of at least 4 members (excludes halogenated alkanes) is 20. The summed E-state index contributed by atoms with van der Waals surface area (Å²) in [6.07, 6.45) is 25.3. The van der Waals surface area contributed by atoms with Crippen LogP contribution in [-0.2, 0) is 47.6 Å². The fraction of sp³-hybridized carbons (Fsp3) is 0.922. The smallest absolute Gasteiger partial charge is 0.306 e. The summed E-state index contributed by atoms with van der Waals surface area (Å²) in [5, 5.41) is 20.8. The largest absolute Gasteiger partial charge is 0.462 e. The van der Waals surface area contributed by atoms with Crippen molar-refractivity contribution in [3.05, 3.63) is 0 Å². The van der Waals surface area contributed by atoms with Crippen molar-refractivity contribution in [2.24, 2.45) is 0 Å². The highest BCUT2D eigenvalue weighted by atomic mass is 16.6. The van der Waals surface area contributed by atoms with Crippen LogP contribution in [0.4, 0.5) is 0 Å². The molecular weight excluding hydrogens is 819 g/mol. The van der Waals surface area contributed by atoms with E-state index in [1.165, 1.54) is 64.2 Å². The first-order valence-corrected chi connectivity index (χ1v) is 26.1. The summed E-state index contributed by atoms with van der Waals surface area (Å²) in [7, 11) is 1.99. The molecule has 0 heterocycles. The predicted octanol–water partition coefficient (Wildman–Crippen LogP) is 9.64. The summed E-state index contributed by atoms with van der Waals surface area (Å²) in [5.41, 5.74) is 0. The molecule has 0 saturated heterocycles. The molecule has 0 bridgehead atoms. The van der Waals surface area contributed by atoms with Crippen LogP contribution in [-0.4, -0.2) is 105 Å². The molecular formula is C51H98NO12+. The molecule has 64 heavy (non-hydrogen) atoms. The number of aliphatic hydroxyl groups is 2.